The molecule has 1 atom stereocenters. The largest absolute Gasteiger partial charge is 0.492 e. The third kappa shape index (κ3) is 4.89. The first-order chi connectivity index (χ1) is 13.6. The van der Waals surface area contributed by atoms with Gasteiger partial charge in [-0.3, -0.25) is 4.79 Å². The van der Waals surface area contributed by atoms with Crippen LogP contribution in [0.3, 0.4) is 0 Å². The van der Waals surface area contributed by atoms with Gasteiger partial charge in [0.1, 0.15) is 22.6 Å². The summed E-state index contributed by atoms with van der Waals surface area (Å²) in [5, 5.41) is 2.08. The van der Waals surface area contributed by atoms with E-state index in [2.05, 4.69) is 5.32 Å². The minimum absolute atomic E-state index is 0.0714. The first-order valence-corrected chi connectivity index (χ1v) is 9.65. The zero-order chi connectivity index (χ0) is 19.9. The van der Waals surface area contributed by atoms with Gasteiger partial charge in [-0.2, -0.15) is 0 Å². The highest BCUT2D eigenvalue weighted by atomic mass is 32.2. The van der Waals surface area contributed by atoms with Gasteiger partial charge in [-0.25, -0.2) is 8.78 Å². The Labute approximate surface area is 166 Å². The van der Waals surface area contributed by atoms with Crippen molar-refractivity contribution in [1.82, 2.24) is 0 Å². The molecule has 0 unspecified atom stereocenters. The van der Waals surface area contributed by atoms with Gasteiger partial charge < -0.3 is 10.1 Å². The van der Waals surface area contributed by atoms with Crippen LogP contribution < -0.4 is 10.1 Å². The number of thioether (sulfide) groups is 1. The number of carbonyl (C=O) groups is 1. The molecule has 0 heterocycles. The molecular weight excluding hydrogens is 380 g/mol. The second kappa shape index (κ2) is 9.37. The molecule has 0 saturated carbocycles. The molecule has 0 fully saturated rings. The van der Waals surface area contributed by atoms with Crippen LogP contribution in [0.25, 0.3) is 0 Å². The molecule has 0 bridgehead atoms. The Balaban J connectivity index is 1.91. The maximum absolute atomic E-state index is 14.2. The topological polar surface area (TPSA) is 38.3 Å². The number of anilines is 1. The number of halogens is 2. The number of amides is 1. The molecule has 3 aromatic rings. The monoisotopic (exact) mass is 399 g/mol. The molecule has 144 valence electrons. The average molecular weight is 399 g/mol. The van der Waals surface area contributed by atoms with Gasteiger partial charge in [0.15, 0.2) is 0 Å². The Morgan fingerprint density at radius 2 is 1.75 bits per heavy atom. The summed E-state index contributed by atoms with van der Waals surface area (Å²) >= 11 is 0.961. The third-order valence-corrected chi connectivity index (χ3v) is 5.21. The Hall–Kier alpha value is -2.86. The lowest BCUT2D eigenvalue weighted by molar-refractivity contribution is -0.115. The molecule has 0 saturated heterocycles. The number of para-hydroxylation sites is 2. The fourth-order valence-corrected chi connectivity index (χ4v) is 3.72. The van der Waals surface area contributed by atoms with Gasteiger partial charge >= 0.3 is 0 Å². The van der Waals surface area contributed by atoms with E-state index < -0.39 is 16.9 Å². The minimum atomic E-state index is -0.771. The van der Waals surface area contributed by atoms with Gasteiger partial charge in [-0.1, -0.05) is 42.5 Å². The molecule has 1 N–H and O–H groups in total. The van der Waals surface area contributed by atoms with Crippen molar-refractivity contribution in [2.75, 3.05) is 11.9 Å². The van der Waals surface area contributed by atoms with E-state index in [4.69, 9.17) is 4.74 Å². The Bertz CT molecular complexity index is 950. The molecule has 0 spiro atoms. The number of ether oxygens (including phenoxy) is 1. The SMILES string of the molecule is CCOc1ccccc1NC(=O)[C@H](Sc1cc(F)ccc1F)c1ccccc1. The van der Waals surface area contributed by atoms with Crippen LogP contribution >= 0.6 is 11.8 Å². The van der Waals surface area contributed by atoms with Gasteiger partial charge in [0, 0.05) is 4.90 Å². The zero-order valence-corrected chi connectivity index (χ0v) is 16.0. The zero-order valence-electron chi connectivity index (χ0n) is 15.2. The summed E-state index contributed by atoms with van der Waals surface area (Å²) in [6.45, 7) is 2.31. The molecule has 0 aliphatic rings. The predicted molar refractivity (Wildman–Crippen MR) is 108 cm³/mol. The highest BCUT2D eigenvalue weighted by molar-refractivity contribution is 8.00. The van der Waals surface area contributed by atoms with Crippen molar-refractivity contribution in [3.05, 3.63) is 90.0 Å². The second-order valence-electron chi connectivity index (χ2n) is 5.90. The van der Waals surface area contributed by atoms with Crippen LogP contribution in [0.4, 0.5) is 14.5 Å². The molecular formula is C22H19F2NO2S. The molecule has 0 aromatic heterocycles. The Morgan fingerprint density at radius 1 is 1.04 bits per heavy atom. The lowest BCUT2D eigenvalue weighted by Crippen LogP contribution is -2.19. The van der Waals surface area contributed by atoms with E-state index in [0.717, 1.165) is 30.0 Å². The van der Waals surface area contributed by atoms with Crippen molar-refractivity contribution in [2.24, 2.45) is 0 Å². The second-order valence-corrected chi connectivity index (χ2v) is 7.05. The van der Waals surface area contributed by atoms with E-state index in [1.807, 2.05) is 19.1 Å². The molecule has 0 aliphatic carbocycles. The third-order valence-electron chi connectivity index (χ3n) is 3.92. The highest BCUT2D eigenvalue weighted by Gasteiger charge is 2.24. The van der Waals surface area contributed by atoms with Gasteiger partial charge in [0.05, 0.1) is 12.3 Å². The van der Waals surface area contributed by atoms with E-state index in [1.165, 1.54) is 0 Å². The first kappa shape index (κ1) is 19.9. The maximum atomic E-state index is 14.2. The van der Waals surface area contributed by atoms with E-state index >= 15 is 0 Å². The molecule has 28 heavy (non-hydrogen) atoms. The smallest absolute Gasteiger partial charge is 0.242 e. The number of rotatable bonds is 7. The number of carbonyl (C=O) groups excluding carboxylic acids is 1. The summed E-state index contributed by atoms with van der Waals surface area (Å²) in [7, 11) is 0. The van der Waals surface area contributed by atoms with Crippen LogP contribution in [0.1, 0.15) is 17.7 Å². The molecule has 0 radical (unpaired) electrons. The van der Waals surface area contributed by atoms with Gasteiger partial charge in [-0.05, 0) is 42.8 Å². The maximum Gasteiger partial charge on any atom is 0.242 e. The normalized spacial score (nSPS) is 11.7. The number of benzene rings is 3. The van der Waals surface area contributed by atoms with E-state index in [-0.39, 0.29) is 10.8 Å². The van der Waals surface area contributed by atoms with Crippen LogP contribution in [0, 0.1) is 11.6 Å². The first-order valence-electron chi connectivity index (χ1n) is 8.78. The summed E-state index contributed by atoms with van der Waals surface area (Å²) in [6, 6.07) is 19.3. The van der Waals surface area contributed by atoms with Crippen LogP contribution in [0.15, 0.2) is 77.7 Å². The van der Waals surface area contributed by atoms with Crippen LogP contribution in [0.5, 0.6) is 5.75 Å². The van der Waals surface area contributed by atoms with Crippen molar-refractivity contribution in [1.29, 1.82) is 0 Å². The molecule has 1 amide bonds. The fraction of sp³-hybridized carbons (Fsp3) is 0.136. The van der Waals surface area contributed by atoms with Crippen LogP contribution in [0.2, 0.25) is 0 Å². The molecule has 6 heteroatoms. The van der Waals surface area contributed by atoms with E-state index in [1.54, 1.807) is 42.5 Å². The predicted octanol–water partition coefficient (Wildman–Crippen LogP) is 5.84. The summed E-state index contributed by atoms with van der Waals surface area (Å²) in [6.07, 6.45) is 0. The summed E-state index contributed by atoms with van der Waals surface area (Å²) in [5.41, 5.74) is 1.21. The molecule has 0 aliphatic heterocycles. The number of hydrogen-bond donors (Lipinski definition) is 1. The quantitative estimate of drug-likeness (QED) is 0.508. The lowest BCUT2D eigenvalue weighted by atomic mass is 10.1. The summed E-state index contributed by atoms with van der Waals surface area (Å²) < 4.78 is 33.3. The minimum Gasteiger partial charge on any atom is -0.492 e. The Morgan fingerprint density at radius 3 is 2.50 bits per heavy atom. The summed E-state index contributed by atoms with van der Waals surface area (Å²) in [5.74, 6) is -0.938. The number of nitrogens with one attached hydrogen (secondary N) is 1. The molecule has 3 aromatic carbocycles. The van der Waals surface area contributed by atoms with E-state index in [9.17, 15) is 13.6 Å². The van der Waals surface area contributed by atoms with Gasteiger partial charge in [0.25, 0.3) is 0 Å². The van der Waals surface area contributed by atoms with Crippen molar-refractivity contribution < 1.29 is 18.3 Å². The number of hydrogen-bond acceptors (Lipinski definition) is 3. The fourth-order valence-electron chi connectivity index (χ4n) is 2.64. The molecule has 3 rings (SSSR count). The van der Waals surface area contributed by atoms with Gasteiger partial charge in [-0.15, -0.1) is 11.8 Å². The van der Waals surface area contributed by atoms with Crippen molar-refractivity contribution in [3.8, 4) is 5.75 Å². The van der Waals surface area contributed by atoms with Crippen LogP contribution in [-0.2, 0) is 4.79 Å². The van der Waals surface area contributed by atoms with Crippen molar-refractivity contribution in [3.63, 3.8) is 0 Å². The Kier molecular flexibility index (Phi) is 6.66. The lowest BCUT2D eigenvalue weighted by Gasteiger charge is -2.19. The van der Waals surface area contributed by atoms with E-state index in [0.29, 0.717) is 23.6 Å². The van der Waals surface area contributed by atoms with Crippen LogP contribution in [-0.4, -0.2) is 12.5 Å². The van der Waals surface area contributed by atoms with Gasteiger partial charge in [0.2, 0.25) is 5.91 Å². The summed E-state index contributed by atoms with van der Waals surface area (Å²) in [4.78, 5) is 13.1. The average Bonchev–Trinajstić information content (AvgIpc) is 2.71. The standard InChI is InChI=1S/C22H19F2NO2S/c1-2-27-19-11-7-6-10-18(19)25-22(26)21(15-8-4-3-5-9-15)28-20-14-16(23)12-13-17(20)24/h3-14,21H,2H2,1H3,(H,25,26)/t21-/m1/s1. The van der Waals surface area contributed by atoms with Crippen molar-refractivity contribution in [2.45, 2.75) is 17.1 Å². The highest BCUT2D eigenvalue weighted by Crippen LogP contribution is 2.38. The molecule has 3 nitrogen and oxygen atoms in total. The van der Waals surface area contributed by atoms with Crippen molar-refractivity contribution >= 4 is 23.4 Å².